The molecule has 0 aliphatic carbocycles. The van der Waals surface area contributed by atoms with Gasteiger partial charge in [-0.2, -0.15) is 0 Å². The summed E-state index contributed by atoms with van der Waals surface area (Å²) in [5.41, 5.74) is 0.0142. The molecule has 0 bridgehead atoms. The number of aliphatic hydroxyl groups is 4. The SMILES string of the molecule is Cc1nc2c(=O)nc([O-])nc-2n(C[C@H](O)[C@H](O)[C@H](O)CO)c1C. The lowest BCUT2D eigenvalue weighted by Gasteiger charge is -2.26. The van der Waals surface area contributed by atoms with Crippen LogP contribution in [-0.4, -0.2) is 64.9 Å². The van der Waals surface area contributed by atoms with Crippen LogP contribution in [0.5, 0.6) is 6.01 Å². The first kappa shape index (κ1) is 17.2. The van der Waals surface area contributed by atoms with Crippen LogP contribution in [0.15, 0.2) is 4.79 Å². The van der Waals surface area contributed by atoms with Crippen molar-refractivity contribution in [1.29, 1.82) is 0 Å². The molecule has 0 spiro atoms. The summed E-state index contributed by atoms with van der Waals surface area (Å²) in [5, 5.41) is 49.4. The van der Waals surface area contributed by atoms with E-state index in [4.69, 9.17) is 5.11 Å². The summed E-state index contributed by atoms with van der Waals surface area (Å²) in [6, 6.07) is -0.980. The van der Waals surface area contributed by atoms with Crippen molar-refractivity contribution in [2.45, 2.75) is 38.7 Å². The monoisotopic (exact) mass is 325 g/mol. The number of aliphatic hydroxyl groups excluding tert-OH is 4. The second-order valence-corrected chi connectivity index (χ2v) is 5.18. The maximum absolute atomic E-state index is 11.8. The van der Waals surface area contributed by atoms with E-state index in [0.29, 0.717) is 11.4 Å². The molecule has 10 heteroatoms. The topological polar surface area (TPSA) is 165 Å². The number of aromatic nitrogens is 4. The zero-order valence-electron chi connectivity index (χ0n) is 12.5. The number of fused-ring (bicyclic) bond motifs is 1. The van der Waals surface area contributed by atoms with Crippen LogP contribution in [0.3, 0.4) is 0 Å². The van der Waals surface area contributed by atoms with Crippen molar-refractivity contribution >= 4 is 0 Å². The van der Waals surface area contributed by atoms with E-state index in [2.05, 4.69) is 15.0 Å². The molecule has 0 aromatic heterocycles. The summed E-state index contributed by atoms with van der Waals surface area (Å²) < 4.78 is 1.35. The zero-order chi connectivity index (χ0) is 17.3. The second kappa shape index (κ2) is 6.54. The van der Waals surface area contributed by atoms with Gasteiger partial charge >= 0.3 is 0 Å². The van der Waals surface area contributed by atoms with Gasteiger partial charge in [-0.25, -0.2) is 15.0 Å². The van der Waals surface area contributed by atoms with Crippen molar-refractivity contribution in [3.8, 4) is 17.5 Å². The third-order valence-corrected chi connectivity index (χ3v) is 3.62. The Morgan fingerprint density at radius 2 is 1.78 bits per heavy atom. The molecule has 0 unspecified atom stereocenters. The minimum atomic E-state index is -1.62. The lowest BCUT2D eigenvalue weighted by atomic mass is 10.1. The van der Waals surface area contributed by atoms with Gasteiger partial charge in [0.2, 0.25) is 0 Å². The first-order valence-electron chi connectivity index (χ1n) is 6.84. The van der Waals surface area contributed by atoms with E-state index in [-0.39, 0.29) is 18.1 Å². The van der Waals surface area contributed by atoms with Gasteiger partial charge in [-0.3, -0.25) is 4.79 Å². The lowest BCUT2D eigenvalue weighted by molar-refractivity contribution is -0.282. The van der Waals surface area contributed by atoms with E-state index in [9.17, 15) is 25.2 Å². The Kier molecular flexibility index (Phi) is 4.90. The Morgan fingerprint density at radius 3 is 2.39 bits per heavy atom. The summed E-state index contributed by atoms with van der Waals surface area (Å²) in [6.07, 6.45) is -4.61. The molecule has 0 aromatic rings. The van der Waals surface area contributed by atoms with Gasteiger partial charge in [0.25, 0.3) is 5.56 Å². The molecule has 126 valence electrons. The van der Waals surface area contributed by atoms with Crippen LogP contribution >= 0.6 is 0 Å². The van der Waals surface area contributed by atoms with Crippen LogP contribution < -0.4 is 10.7 Å². The number of hydrogen-bond acceptors (Lipinski definition) is 9. The summed E-state index contributed by atoms with van der Waals surface area (Å²) in [7, 11) is 0. The highest BCUT2D eigenvalue weighted by atomic mass is 16.4. The third-order valence-electron chi connectivity index (χ3n) is 3.62. The molecule has 2 aliphatic rings. The molecule has 3 atom stereocenters. The molecule has 10 nitrogen and oxygen atoms in total. The average Bonchev–Trinajstić information content (AvgIpc) is 2.51. The molecule has 0 saturated heterocycles. The fraction of sp³-hybridized carbons (Fsp3) is 0.538. The molecule has 0 radical (unpaired) electrons. The van der Waals surface area contributed by atoms with Gasteiger partial charge in [-0.15, -0.1) is 0 Å². The number of hydrogen-bond donors (Lipinski definition) is 4. The van der Waals surface area contributed by atoms with Crippen LogP contribution in [0, 0.1) is 13.8 Å². The van der Waals surface area contributed by atoms with Gasteiger partial charge < -0.3 is 30.1 Å². The first-order valence-corrected chi connectivity index (χ1v) is 6.84. The molecule has 23 heavy (non-hydrogen) atoms. The van der Waals surface area contributed by atoms with Gasteiger partial charge in [-0.1, -0.05) is 0 Å². The molecule has 0 fully saturated rings. The van der Waals surface area contributed by atoms with Crippen molar-refractivity contribution in [3.05, 3.63) is 21.7 Å². The van der Waals surface area contributed by atoms with Crippen molar-refractivity contribution in [2.75, 3.05) is 6.61 Å². The molecule has 2 aliphatic heterocycles. The van der Waals surface area contributed by atoms with E-state index in [1.807, 2.05) is 0 Å². The van der Waals surface area contributed by atoms with E-state index in [1.165, 1.54) is 4.57 Å². The van der Waals surface area contributed by atoms with E-state index < -0.39 is 36.5 Å². The van der Waals surface area contributed by atoms with Crippen molar-refractivity contribution in [1.82, 2.24) is 19.5 Å². The summed E-state index contributed by atoms with van der Waals surface area (Å²) in [4.78, 5) is 22.7. The predicted molar refractivity (Wildman–Crippen MR) is 74.7 cm³/mol. The molecule has 2 rings (SSSR count). The standard InChI is InChI=1S/C13H18N4O6/c1-5-6(2)17(3-7(19)10(21)8(20)4-18)11-9(14-5)12(22)16-13(23)15-11/h7-8,10,18-21H,3-4H2,1-2H3,(H,16,22,23)/p-1/t7-,8+,10-/m0/s1. The van der Waals surface area contributed by atoms with Gasteiger partial charge in [0.05, 0.1) is 24.9 Å². The van der Waals surface area contributed by atoms with Gasteiger partial charge in [0.15, 0.2) is 11.5 Å². The maximum Gasteiger partial charge on any atom is 0.300 e. The fourth-order valence-electron chi connectivity index (χ4n) is 2.18. The van der Waals surface area contributed by atoms with E-state index >= 15 is 0 Å². The number of nitrogens with zero attached hydrogens (tertiary/aromatic N) is 4. The first-order chi connectivity index (χ1) is 10.8. The van der Waals surface area contributed by atoms with Gasteiger partial charge in [-0.05, 0) is 13.8 Å². The minimum Gasteiger partial charge on any atom is -0.844 e. The van der Waals surface area contributed by atoms with E-state index in [1.54, 1.807) is 13.8 Å². The predicted octanol–water partition coefficient (Wildman–Crippen LogP) is -3.10. The average molecular weight is 325 g/mol. The van der Waals surface area contributed by atoms with Crippen molar-refractivity contribution in [2.24, 2.45) is 0 Å². The fourth-order valence-corrected chi connectivity index (χ4v) is 2.18. The highest BCUT2D eigenvalue weighted by molar-refractivity contribution is 5.51. The Bertz CT molecular complexity index is 733. The smallest absolute Gasteiger partial charge is 0.300 e. The van der Waals surface area contributed by atoms with Crippen molar-refractivity contribution < 1.29 is 25.5 Å². The van der Waals surface area contributed by atoms with Crippen LogP contribution in [-0.2, 0) is 6.54 Å². The molecular weight excluding hydrogens is 308 g/mol. The zero-order valence-corrected chi connectivity index (χ0v) is 12.5. The molecular formula is C13H17N4O6-. The highest BCUT2D eigenvalue weighted by Crippen LogP contribution is 2.20. The maximum atomic E-state index is 11.8. The summed E-state index contributed by atoms with van der Waals surface area (Å²) in [6.45, 7) is 2.27. The summed E-state index contributed by atoms with van der Waals surface area (Å²) in [5.74, 6) is -0.0668. The van der Waals surface area contributed by atoms with E-state index in [0.717, 1.165) is 0 Å². The molecule has 0 saturated carbocycles. The van der Waals surface area contributed by atoms with Crippen LogP contribution in [0.2, 0.25) is 0 Å². The van der Waals surface area contributed by atoms with Crippen LogP contribution in [0.4, 0.5) is 0 Å². The Hall–Kier alpha value is -2.14. The molecule has 2 heterocycles. The van der Waals surface area contributed by atoms with Crippen LogP contribution in [0.25, 0.3) is 11.5 Å². The highest BCUT2D eigenvalue weighted by Gasteiger charge is 2.27. The molecule has 0 aromatic carbocycles. The van der Waals surface area contributed by atoms with Crippen LogP contribution in [0.1, 0.15) is 11.4 Å². The third kappa shape index (κ3) is 3.29. The second-order valence-electron chi connectivity index (χ2n) is 5.18. The minimum absolute atomic E-state index is 0.0668. The molecule has 0 amide bonds. The van der Waals surface area contributed by atoms with Gasteiger partial charge in [0, 0.05) is 5.69 Å². The number of aryl methyl sites for hydroxylation is 1. The van der Waals surface area contributed by atoms with Crippen molar-refractivity contribution in [3.63, 3.8) is 0 Å². The molecule has 4 N–H and O–H groups in total. The normalized spacial score (nSPS) is 15.6. The van der Waals surface area contributed by atoms with Gasteiger partial charge in [0.1, 0.15) is 18.3 Å². The Morgan fingerprint density at radius 1 is 1.13 bits per heavy atom. The quantitative estimate of drug-likeness (QED) is 0.445. The Labute approximate surface area is 130 Å². The summed E-state index contributed by atoms with van der Waals surface area (Å²) >= 11 is 0. The largest absolute Gasteiger partial charge is 0.844 e. The number of rotatable bonds is 5. The Balaban J connectivity index is 2.51. The lowest BCUT2D eigenvalue weighted by Crippen LogP contribution is -2.42.